The fraction of sp³-hybridized carbons (Fsp3) is 0.235. The van der Waals surface area contributed by atoms with Gasteiger partial charge in [-0.15, -0.1) is 10.2 Å². The third-order valence-electron chi connectivity index (χ3n) is 3.46. The van der Waals surface area contributed by atoms with E-state index in [0.29, 0.717) is 34.5 Å². The zero-order valence-electron chi connectivity index (χ0n) is 13.0. The van der Waals surface area contributed by atoms with Gasteiger partial charge >= 0.3 is 0 Å². The number of benzene rings is 1. The van der Waals surface area contributed by atoms with E-state index in [1.54, 1.807) is 18.3 Å². The minimum atomic E-state index is -0.108. The van der Waals surface area contributed by atoms with E-state index in [1.165, 1.54) is 0 Å². The Morgan fingerprint density at radius 3 is 2.78 bits per heavy atom. The smallest absolute Gasteiger partial charge is 0.251 e. The van der Waals surface area contributed by atoms with Crippen LogP contribution in [0.1, 0.15) is 24.2 Å². The first-order valence-electron chi connectivity index (χ1n) is 7.44. The average molecular weight is 329 g/mol. The highest BCUT2D eigenvalue weighted by atomic mass is 35.5. The van der Waals surface area contributed by atoms with Crippen molar-refractivity contribution in [1.29, 1.82) is 0 Å². The molecule has 1 amide bonds. The number of hydrogen-bond donors (Lipinski definition) is 1. The first-order chi connectivity index (χ1) is 11.1. The van der Waals surface area contributed by atoms with Gasteiger partial charge in [0.05, 0.1) is 5.02 Å². The van der Waals surface area contributed by atoms with E-state index >= 15 is 0 Å². The second kappa shape index (κ2) is 6.38. The monoisotopic (exact) mass is 328 g/mol. The Morgan fingerprint density at radius 2 is 2.04 bits per heavy atom. The van der Waals surface area contributed by atoms with Crippen LogP contribution in [0.4, 0.5) is 0 Å². The van der Waals surface area contributed by atoms with E-state index in [9.17, 15) is 4.79 Å². The third-order valence-corrected chi connectivity index (χ3v) is 3.79. The summed E-state index contributed by atoms with van der Waals surface area (Å²) in [5.74, 6) is 0.950. The summed E-state index contributed by atoms with van der Waals surface area (Å²) >= 11 is 6.22. The van der Waals surface area contributed by atoms with Crippen LogP contribution in [-0.2, 0) is 0 Å². The molecule has 0 aliphatic carbocycles. The summed E-state index contributed by atoms with van der Waals surface area (Å²) in [5.41, 5.74) is 1.98. The van der Waals surface area contributed by atoms with Crippen LogP contribution >= 0.6 is 11.6 Å². The molecular formula is C17H17ClN4O. The zero-order chi connectivity index (χ0) is 16.4. The number of pyridine rings is 1. The number of amides is 1. The summed E-state index contributed by atoms with van der Waals surface area (Å²) in [6, 6.07) is 10.9. The van der Waals surface area contributed by atoms with E-state index in [4.69, 9.17) is 11.6 Å². The van der Waals surface area contributed by atoms with Crippen LogP contribution in [0.5, 0.6) is 0 Å². The fourth-order valence-corrected chi connectivity index (χ4v) is 2.48. The maximum atomic E-state index is 12.1. The molecule has 0 spiro atoms. The molecule has 0 atom stereocenters. The first kappa shape index (κ1) is 15.5. The molecule has 0 bridgehead atoms. The number of halogens is 1. The number of carbonyl (C=O) groups excluding carboxylic acids is 1. The Hall–Kier alpha value is -2.40. The molecule has 1 aromatic carbocycles. The predicted molar refractivity (Wildman–Crippen MR) is 90.6 cm³/mol. The van der Waals surface area contributed by atoms with Gasteiger partial charge in [-0.25, -0.2) is 0 Å². The van der Waals surface area contributed by atoms with E-state index in [2.05, 4.69) is 29.4 Å². The zero-order valence-corrected chi connectivity index (χ0v) is 13.7. The van der Waals surface area contributed by atoms with Gasteiger partial charge in [-0.05, 0) is 30.2 Å². The van der Waals surface area contributed by atoms with Gasteiger partial charge in [-0.3, -0.25) is 9.20 Å². The van der Waals surface area contributed by atoms with Crippen molar-refractivity contribution in [2.45, 2.75) is 13.8 Å². The Kier molecular flexibility index (Phi) is 4.30. The molecule has 0 aliphatic heterocycles. The molecule has 23 heavy (non-hydrogen) atoms. The second-order valence-electron chi connectivity index (χ2n) is 5.75. The summed E-state index contributed by atoms with van der Waals surface area (Å²) in [4.78, 5) is 12.1. The van der Waals surface area contributed by atoms with Crippen LogP contribution in [0.15, 0.2) is 42.6 Å². The number of aromatic nitrogens is 3. The number of rotatable bonds is 4. The SMILES string of the molecule is CC(C)CNC(=O)c1ccn2c(-c3ccccc3Cl)nnc2c1. The summed E-state index contributed by atoms with van der Waals surface area (Å²) in [6.07, 6.45) is 1.79. The molecule has 0 fully saturated rings. The largest absolute Gasteiger partial charge is 0.352 e. The molecule has 0 saturated heterocycles. The summed E-state index contributed by atoms with van der Waals surface area (Å²) in [5, 5.41) is 11.9. The molecule has 6 heteroatoms. The standard InChI is InChI=1S/C17H17ClN4O/c1-11(2)10-19-17(23)12-7-8-22-15(9-12)20-21-16(22)13-5-3-4-6-14(13)18/h3-9,11H,10H2,1-2H3,(H,19,23). The van der Waals surface area contributed by atoms with Gasteiger partial charge in [-0.1, -0.05) is 37.6 Å². The van der Waals surface area contributed by atoms with Crippen LogP contribution in [-0.4, -0.2) is 27.0 Å². The average Bonchev–Trinajstić information content (AvgIpc) is 2.96. The topological polar surface area (TPSA) is 59.3 Å². The molecule has 0 aliphatic rings. The Morgan fingerprint density at radius 1 is 1.26 bits per heavy atom. The lowest BCUT2D eigenvalue weighted by Crippen LogP contribution is -2.27. The van der Waals surface area contributed by atoms with E-state index < -0.39 is 0 Å². The molecule has 1 N–H and O–H groups in total. The molecule has 0 unspecified atom stereocenters. The van der Waals surface area contributed by atoms with E-state index in [1.807, 2.05) is 28.7 Å². The second-order valence-corrected chi connectivity index (χ2v) is 6.16. The quantitative estimate of drug-likeness (QED) is 0.798. The van der Waals surface area contributed by atoms with Crippen LogP contribution in [0.2, 0.25) is 5.02 Å². The van der Waals surface area contributed by atoms with Gasteiger partial charge in [0, 0.05) is 23.9 Å². The number of carbonyl (C=O) groups is 1. The van der Waals surface area contributed by atoms with Crippen molar-refractivity contribution in [3.8, 4) is 11.4 Å². The Bertz CT molecular complexity index is 857. The molecular weight excluding hydrogens is 312 g/mol. The molecule has 0 radical (unpaired) electrons. The van der Waals surface area contributed by atoms with Gasteiger partial charge in [0.1, 0.15) is 0 Å². The highest BCUT2D eigenvalue weighted by Crippen LogP contribution is 2.26. The lowest BCUT2D eigenvalue weighted by molar-refractivity contribution is 0.0949. The normalized spacial score (nSPS) is 11.1. The summed E-state index contributed by atoms with van der Waals surface area (Å²) < 4.78 is 1.82. The van der Waals surface area contributed by atoms with Gasteiger partial charge < -0.3 is 5.32 Å². The number of nitrogens with one attached hydrogen (secondary N) is 1. The fourth-order valence-electron chi connectivity index (χ4n) is 2.26. The van der Waals surface area contributed by atoms with Gasteiger partial charge in [0.25, 0.3) is 5.91 Å². The maximum absolute atomic E-state index is 12.1. The summed E-state index contributed by atoms with van der Waals surface area (Å²) in [7, 11) is 0. The first-order valence-corrected chi connectivity index (χ1v) is 7.82. The van der Waals surface area contributed by atoms with Gasteiger partial charge in [0.2, 0.25) is 0 Å². The Labute approximate surface area is 139 Å². The van der Waals surface area contributed by atoms with Crippen LogP contribution in [0, 0.1) is 5.92 Å². The molecule has 5 nitrogen and oxygen atoms in total. The minimum Gasteiger partial charge on any atom is -0.352 e. The molecule has 3 rings (SSSR count). The van der Waals surface area contributed by atoms with Crippen molar-refractivity contribution in [3.63, 3.8) is 0 Å². The van der Waals surface area contributed by atoms with Gasteiger partial charge in [-0.2, -0.15) is 0 Å². The molecule has 2 heterocycles. The van der Waals surface area contributed by atoms with E-state index in [0.717, 1.165) is 5.56 Å². The minimum absolute atomic E-state index is 0.108. The maximum Gasteiger partial charge on any atom is 0.251 e. The van der Waals surface area contributed by atoms with Crippen molar-refractivity contribution in [2.24, 2.45) is 5.92 Å². The van der Waals surface area contributed by atoms with Crippen LogP contribution in [0.25, 0.3) is 17.0 Å². The molecule has 0 saturated carbocycles. The van der Waals surface area contributed by atoms with Crippen molar-refractivity contribution in [3.05, 3.63) is 53.2 Å². The van der Waals surface area contributed by atoms with Crippen molar-refractivity contribution in [1.82, 2.24) is 19.9 Å². The molecule has 2 aromatic heterocycles. The summed E-state index contributed by atoms with van der Waals surface area (Å²) in [6.45, 7) is 4.75. The molecule has 3 aromatic rings. The van der Waals surface area contributed by atoms with Crippen molar-refractivity contribution >= 4 is 23.2 Å². The molecule has 118 valence electrons. The van der Waals surface area contributed by atoms with Crippen LogP contribution < -0.4 is 5.32 Å². The lowest BCUT2D eigenvalue weighted by atomic mass is 10.2. The Balaban J connectivity index is 1.95. The number of fused-ring (bicyclic) bond motifs is 1. The van der Waals surface area contributed by atoms with Crippen molar-refractivity contribution < 1.29 is 4.79 Å². The lowest BCUT2D eigenvalue weighted by Gasteiger charge is -2.08. The van der Waals surface area contributed by atoms with E-state index in [-0.39, 0.29) is 5.91 Å². The predicted octanol–water partition coefficient (Wildman–Crippen LogP) is 3.44. The van der Waals surface area contributed by atoms with Crippen molar-refractivity contribution in [2.75, 3.05) is 6.54 Å². The highest BCUT2D eigenvalue weighted by molar-refractivity contribution is 6.33. The van der Waals surface area contributed by atoms with Crippen LogP contribution in [0.3, 0.4) is 0 Å². The number of nitrogens with zero attached hydrogens (tertiary/aromatic N) is 3. The third kappa shape index (κ3) is 3.19. The number of hydrogen-bond acceptors (Lipinski definition) is 3. The van der Waals surface area contributed by atoms with Gasteiger partial charge in [0.15, 0.2) is 11.5 Å². The highest BCUT2D eigenvalue weighted by Gasteiger charge is 2.13.